The fourth-order valence-corrected chi connectivity index (χ4v) is 3.24. The molecule has 0 saturated heterocycles. The van der Waals surface area contributed by atoms with Crippen molar-refractivity contribution in [2.24, 2.45) is 35.5 Å². The molecule has 0 aromatic rings. The molecule has 0 aromatic heterocycles. The lowest BCUT2D eigenvalue weighted by atomic mass is 9.81. The number of halogens is 6. The van der Waals surface area contributed by atoms with Crippen molar-refractivity contribution in [1.82, 2.24) is 0 Å². The molecule has 0 fully saturated rings. The van der Waals surface area contributed by atoms with E-state index in [4.69, 9.17) is 0 Å². The third kappa shape index (κ3) is 8.95. The molecule has 0 N–H and O–H groups in total. The molecule has 166 valence electrons. The van der Waals surface area contributed by atoms with Gasteiger partial charge in [0.2, 0.25) is 0 Å². The van der Waals surface area contributed by atoms with Crippen molar-refractivity contribution < 1.29 is 35.9 Å². The van der Waals surface area contributed by atoms with Crippen LogP contribution in [-0.2, 0) is 9.59 Å². The number of ketones is 2. The van der Waals surface area contributed by atoms with Crippen molar-refractivity contribution in [3.8, 4) is 0 Å². The highest BCUT2D eigenvalue weighted by Crippen LogP contribution is 2.37. The second kappa shape index (κ2) is 10.6. The molecule has 0 rings (SSSR count). The van der Waals surface area contributed by atoms with Gasteiger partial charge in [0.05, 0.1) is 0 Å². The lowest BCUT2D eigenvalue weighted by molar-refractivity contribution is -0.188. The zero-order chi connectivity index (χ0) is 22.4. The van der Waals surface area contributed by atoms with E-state index in [0.29, 0.717) is 0 Å². The average molecular weight is 418 g/mol. The highest BCUT2D eigenvalue weighted by atomic mass is 19.4. The van der Waals surface area contributed by atoms with Crippen LogP contribution in [0.1, 0.15) is 67.2 Å². The monoisotopic (exact) mass is 418 g/mol. The summed E-state index contributed by atoms with van der Waals surface area (Å²) in [4.78, 5) is 24.1. The SMILES string of the molecule is CC(C)C[C@@H](C(=O)C(C)CCC(C)C[C@H](C(=O)C(C)C)C(F)(F)F)C(F)(F)F. The molecule has 0 bridgehead atoms. The van der Waals surface area contributed by atoms with Gasteiger partial charge in [0, 0.05) is 11.8 Å². The van der Waals surface area contributed by atoms with Gasteiger partial charge in [-0.1, -0.05) is 48.0 Å². The summed E-state index contributed by atoms with van der Waals surface area (Å²) >= 11 is 0. The summed E-state index contributed by atoms with van der Waals surface area (Å²) in [6.07, 6.45) is -9.80. The molecular formula is C20H32F6O2. The first-order chi connectivity index (χ1) is 12.5. The van der Waals surface area contributed by atoms with Gasteiger partial charge in [-0.05, 0) is 31.1 Å². The number of rotatable bonds is 11. The second-order valence-corrected chi connectivity index (χ2v) is 8.60. The Balaban J connectivity index is 4.97. The van der Waals surface area contributed by atoms with E-state index >= 15 is 0 Å². The fourth-order valence-electron chi connectivity index (χ4n) is 3.24. The molecule has 2 unspecified atom stereocenters. The molecule has 0 aliphatic carbocycles. The van der Waals surface area contributed by atoms with E-state index in [0.717, 1.165) is 0 Å². The van der Waals surface area contributed by atoms with E-state index in [2.05, 4.69) is 0 Å². The number of Topliss-reactive ketones (excluding diaryl/α,β-unsaturated/α-hetero) is 2. The van der Waals surface area contributed by atoms with Crippen molar-refractivity contribution in [2.45, 2.75) is 79.6 Å². The van der Waals surface area contributed by atoms with Crippen molar-refractivity contribution in [3.63, 3.8) is 0 Å². The maximum atomic E-state index is 13.2. The van der Waals surface area contributed by atoms with Crippen molar-refractivity contribution in [1.29, 1.82) is 0 Å². The van der Waals surface area contributed by atoms with Gasteiger partial charge in [0.25, 0.3) is 0 Å². The molecule has 0 saturated carbocycles. The third-order valence-corrected chi connectivity index (χ3v) is 4.97. The Hall–Kier alpha value is -1.08. The van der Waals surface area contributed by atoms with Gasteiger partial charge in [0.15, 0.2) is 0 Å². The van der Waals surface area contributed by atoms with Crippen molar-refractivity contribution in [2.75, 3.05) is 0 Å². The fraction of sp³-hybridized carbons (Fsp3) is 0.900. The van der Waals surface area contributed by atoms with E-state index in [-0.39, 0.29) is 25.2 Å². The minimum atomic E-state index is -4.66. The molecule has 0 amide bonds. The topological polar surface area (TPSA) is 34.1 Å². The predicted molar refractivity (Wildman–Crippen MR) is 95.6 cm³/mol. The zero-order valence-corrected chi connectivity index (χ0v) is 17.4. The summed E-state index contributed by atoms with van der Waals surface area (Å²) < 4.78 is 79.1. The van der Waals surface area contributed by atoms with Crippen LogP contribution < -0.4 is 0 Å². The second-order valence-electron chi connectivity index (χ2n) is 8.60. The Labute approximate surface area is 163 Å². The summed E-state index contributed by atoms with van der Waals surface area (Å²) in [5.41, 5.74) is 0. The maximum Gasteiger partial charge on any atom is 0.398 e. The van der Waals surface area contributed by atoms with Gasteiger partial charge in [-0.25, -0.2) is 0 Å². The van der Waals surface area contributed by atoms with E-state index in [1.54, 1.807) is 13.8 Å². The zero-order valence-electron chi connectivity index (χ0n) is 17.4. The van der Waals surface area contributed by atoms with Crippen LogP contribution in [0.4, 0.5) is 26.3 Å². The first kappa shape index (κ1) is 26.9. The third-order valence-electron chi connectivity index (χ3n) is 4.97. The number of carbonyl (C=O) groups excluding carboxylic acids is 2. The Morgan fingerprint density at radius 1 is 0.679 bits per heavy atom. The highest BCUT2D eigenvalue weighted by molar-refractivity contribution is 5.84. The van der Waals surface area contributed by atoms with Crippen molar-refractivity contribution in [3.05, 3.63) is 0 Å². The Morgan fingerprint density at radius 3 is 1.46 bits per heavy atom. The van der Waals surface area contributed by atoms with Crippen LogP contribution in [-0.4, -0.2) is 23.9 Å². The van der Waals surface area contributed by atoms with Gasteiger partial charge < -0.3 is 0 Å². The Morgan fingerprint density at radius 2 is 1.11 bits per heavy atom. The van der Waals surface area contributed by atoms with Crippen LogP contribution in [0, 0.1) is 35.5 Å². The molecule has 0 spiro atoms. The first-order valence-corrected chi connectivity index (χ1v) is 9.69. The maximum absolute atomic E-state index is 13.2. The summed E-state index contributed by atoms with van der Waals surface area (Å²) in [6.45, 7) is 8.91. The summed E-state index contributed by atoms with van der Waals surface area (Å²) in [5, 5.41) is 0. The number of carbonyl (C=O) groups is 2. The van der Waals surface area contributed by atoms with Gasteiger partial charge in [-0.2, -0.15) is 26.3 Å². The first-order valence-electron chi connectivity index (χ1n) is 9.69. The standard InChI is InChI=1S/C20H32F6O2/c1-11(2)9-15(19(21,22)23)18(28)14(6)8-7-13(5)10-16(20(24,25)26)17(27)12(3)4/h11-16H,7-10H2,1-6H3/t13?,14?,15-,16+/m0/s1. The normalized spacial score (nSPS) is 17.5. The van der Waals surface area contributed by atoms with Gasteiger partial charge in [0.1, 0.15) is 23.4 Å². The van der Waals surface area contributed by atoms with Crippen LogP contribution >= 0.6 is 0 Å². The van der Waals surface area contributed by atoms with E-state index in [1.807, 2.05) is 0 Å². The van der Waals surface area contributed by atoms with E-state index < -0.39 is 59.9 Å². The van der Waals surface area contributed by atoms with Crippen LogP contribution in [0.3, 0.4) is 0 Å². The number of hydrogen-bond donors (Lipinski definition) is 0. The minimum absolute atomic E-state index is 0.0606. The van der Waals surface area contributed by atoms with Crippen molar-refractivity contribution >= 4 is 11.6 Å². The summed E-state index contributed by atoms with van der Waals surface area (Å²) in [5.74, 6) is -8.46. The average Bonchev–Trinajstić information content (AvgIpc) is 2.51. The molecule has 0 aromatic carbocycles. The largest absolute Gasteiger partial charge is 0.398 e. The highest BCUT2D eigenvalue weighted by Gasteiger charge is 2.47. The van der Waals surface area contributed by atoms with Gasteiger partial charge in [-0.3, -0.25) is 9.59 Å². The summed E-state index contributed by atoms with van der Waals surface area (Å²) in [6, 6.07) is 0. The minimum Gasteiger partial charge on any atom is -0.299 e. The van der Waals surface area contributed by atoms with Crippen LogP contribution in [0.2, 0.25) is 0 Å². The lowest BCUT2D eigenvalue weighted by Crippen LogP contribution is -2.36. The smallest absolute Gasteiger partial charge is 0.299 e. The Bertz CT molecular complexity index is 508. The molecule has 0 aliphatic heterocycles. The van der Waals surface area contributed by atoms with Crippen LogP contribution in [0.25, 0.3) is 0 Å². The molecule has 2 nitrogen and oxygen atoms in total. The molecule has 8 heteroatoms. The van der Waals surface area contributed by atoms with Gasteiger partial charge in [-0.15, -0.1) is 0 Å². The lowest BCUT2D eigenvalue weighted by Gasteiger charge is -2.26. The molecular weight excluding hydrogens is 386 g/mol. The molecule has 28 heavy (non-hydrogen) atoms. The van der Waals surface area contributed by atoms with E-state index in [9.17, 15) is 35.9 Å². The molecule has 0 aliphatic rings. The van der Waals surface area contributed by atoms with Gasteiger partial charge >= 0.3 is 12.4 Å². The quantitative estimate of drug-likeness (QED) is 0.353. The molecule has 0 heterocycles. The van der Waals surface area contributed by atoms with E-state index in [1.165, 1.54) is 27.7 Å². The molecule has 0 radical (unpaired) electrons. The van der Waals surface area contributed by atoms with Crippen LogP contribution in [0.5, 0.6) is 0 Å². The number of hydrogen-bond acceptors (Lipinski definition) is 2. The van der Waals surface area contributed by atoms with Crippen LogP contribution in [0.15, 0.2) is 0 Å². The Kier molecular flexibility index (Phi) is 10.2. The summed E-state index contributed by atoms with van der Waals surface area (Å²) in [7, 11) is 0. The predicted octanol–water partition coefficient (Wildman–Crippen LogP) is 6.63. The number of alkyl halides is 6. The molecule has 4 atom stereocenters.